The van der Waals surface area contributed by atoms with Crippen LogP contribution in [0.4, 0.5) is 0 Å². The predicted octanol–water partition coefficient (Wildman–Crippen LogP) is 2.81. The predicted molar refractivity (Wildman–Crippen MR) is 51.8 cm³/mol. The van der Waals surface area contributed by atoms with E-state index >= 15 is 0 Å². The third-order valence-corrected chi connectivity index (χ3v) is 2.31. The maximum Gasteiger partial charge on any atom is 0.00413 e. The van der Waals surface area contributed by atoms with Gasteiger partial charge in [0.05, 0.1) is 0 Å². The van der Waals surface area contributed by atoms with Gasteiger partial charge in [0.25, 0.3) is 0 Å². The van der Waals surface area contributed by atoms with Crippen LogP contribution in [-0.2, 0) is 0 Å². The molecule has 2 unspecified atom stereocenters. The fourth-order valence-corrected chi connectivity index (χ4v) is 1.61. The molecule has 0 aliphatic carbocycles. The number of nitrogens with one attached hydrogen (secondary N) is 1. The summed E-state index contributed by atoms with van der Waals surface area (Å²) in [5, 5.41) is 3.45. The van der Waals surface area contributed by atoms with Crippen LogP contribution >= 0.6 is 0 Å². The Morgan fingerprint density at radius 3 is 2.36 bits per heavy atom. The van der Waals surface area contributed by atoms with Crippen LogP contribution in [0.5, 0.6) is 0 Å². The van der Waals surface area contributed by atoms with Crippen molar-refractivity contribution in [2.45, 2.75) is 53.0 Å². The quantitative estimate of drug-likeness (QED) is 0.617. The van der Waals surface area contributed by atoms with Crippen LogP contribution in [0.15, 0.2) is 0 Å². The van der Waals surface area contributed by atoms with Gasteiger partial charge in [-0.05, 0) is 32.2 Å². The van der Waals surface area contributed by atoms with Gasteiger partial charge in [-0.15, -0.1) is 0 Å². The summed E-state index contributed by atoms with van der Waals surface area (Å²) in [6.45, 7) is 9.81. The molecule has 0 bridgehead atoms. The summed E-state index contributed by atoms with van der Waals surface area (Å²) in [5.41, 5.74) is 0. The Bertz CT molecular complexity index is 80.9. The average molecular weight is 157 g/mol. The Kier molecular flexibility index (Phi) is 6.63. The summed E-state index contributed by atoms with van der Waals surface area (Å²) < 4.78 is 0. The van der Waals surface area contributed by atoms with Gasteiger partial charge in [0, 0.05) is 6.04 Å². The van der Waals surface area contributed by atoms with E-state index in [1.54, 1.807) is 0 Å². The molecule has 1 heterocycles. The summed E-state index contributed by atoms with van der Waals surface area (Å²) in [4.78, 5) is 0. The van der Waals surface area contributed by atoms with Crippen molar-refractivity contribution in [3.8, 4) is 0 Å². The van der Waals surface area contributed by atoms with Gasteiger partial charge >= 0.3 is 0 Å². The lowest BCUT2D eigenvalue weighted by Gasteiger charge is -2.26. The third-order valence-electron chi connectivity index (χ3n) is 2.31. The van der Waals surface area contributed by atoms with Crippen molar-refractivity contribution in [2.75, 3.05) is 6.54 Å². The molecule has 1 heteroatoms. The average Bonchev–Trinajstić information content (AvgIpc) is 2.08. The first-order valence-electron chi connectivity index (χ1n) is 5.06. The Labute approximate surface area is 71.6 Å². The fraction of sp³-hybridized carbons (Fsp3) is 1.00. The van der Waals surface area contributed by atoms with E-state index < -0.39 is 0 Å². The highest BCUT2D eigenvalue weighted by molar-refractivity contribution is 4.73. The van der Waals surface area contributed by atoms with Gasteiger partial charge in [0.2, 0.25) is 0 Å². The number of piperidine rings is 1. The molecule has 0 radical (unpaired) electrons. The van der Waals surface area contributed by atoms with Crippen LogP contribution in [0.3, 0.4) is 0 Å². The lowest BCUT2D eigenvalue weighted by Crippen LogP contribution is -2.35. The van der Waals surface area contributed by atoms with E-state index in [1.165, 1.54) is 25.8 Å². The molecule has 1 rings (SSSR count). The minimum atomic E-state index is 0.767. The van der Waals surface area contributed by atoms with Crippen molar-refractivity contribution in [3.05, 3.63) is 0 Å². The van der Waals surface area contributed by atoms with Crippen molar-refractivity contribution < 1.29 is 0 Å². The van der Waals surface area contributed by atoms with E-state index in [0.717, 1.165) is 12.0 Å². The van der Waals surface area contributed by atoms with Gasteiger partial charge in [-0.25, -0.2) is 0 Å². The molecule has 1 saturated heterocycles. The van der Waals surface area contributed by atoms with E-state index in [2.05, 4.69) is 19.2 Å². The Balaban J connectivity index is 0.000000461. The van der Waals surface area contributed by atoms with Crippen LogP contribution in [-0.4, -0.2) is 12.6 Å². The second-order valence-corrected chi connectivity index (χ2v) is 3.15. The van der Waals surface area contributed by atoms with Gasteiger partial charge in [0.1, 0.15) is 0 Å². The highest BCUT2D eigenvalue weighted by Crippen LogP contribution is 2.18. The number of rotatable bonds is 1. The molecule has 68 valence electrons. The van der Waals surface area contributed by atoms with Crippen molar-refractivity contribution in [3.63, 3.8) is 0 Å². The zero-order chi connectivity index (χ0) is 8.69. The summed E-state index contributed by atoms with van der Waals surface area (Å²) in [6.07, 6.45) is 4.14. The van der Waals surface area contributed by atoms with Crippen LogP contribution in [0.1, 0.15) is 47.0 Å². The minimum absolute atomic E-state index is 0.767. The summed E-state index contributed by atoms with van der Waals surface area (Å²) in [5.74, 6) is 1.00. The Morgan fingerprint density at radius 2 is 2.00 bits per heavy atom. The van der Waals surface area contributed by atoms with Crippen molar-refractivity contribution in [2.24, 2.45) is 5.92 Å². The maximum atomic E-state index is 3.45. The molecule has 1 N–H and O–H groups in total. The van der Waals surface area contributed by atoms with E-state index in [0.29, 0.717) is 0 Å². The maximum absolute atomic E-state index is 3.45. The molecule has 0 spiro atoms. The molecule has 1 fully saturated rings. The topological polar surface area (TPSA) is 12.0 Å². The SMILES string of the molecule is CC.CCC1CCNC(C)C1. The van der Waals surface area contributed by atoms with E-state index in [9.17, 15) is 0 Å². The normalized spacial score (nSPS) is 30.5. The third kappa shape index (κ3) is 4.41. The molecular weight excluding hydrogens is 134 g/mol. The second kappa shape index (κ2) is 6.66. The molecule has 1 aliphatic heterocycles. The van der Waals surface area contributed by atoms with Gasteiger partial charge in [-0.3, -0.25) is 0 Å². The van der Waals surface area contributed by atoms with Crippen molar-refractivity contribution in [1.29, 1.82) is 0 Å². The Hall–Kier alpha value is -0.0400. The molecule has 0 saturated carbocycles. The summed E-state index contributed by atoms with van der Waals surface area (Å²) >= 11 is 0. The zero-order valence-corrected chi connectivity index (χ0v) is 8.48. The summed E-state index contributed by atoms with van der Waals surface area (Å²) in [6, 6.07) is 0.767. The van der Waals surface area contributed by atoms with Gasteiger partial charge < -0.3 is 5.32 Å². The molecule has 1 nitrogen and oxygen atoms in total. The largest absolute Gasteiger partial charge is 0.314 e. The smallest absolute Gasteiger partial charge is 0.00413 e. The number of hydrogen-bond donors (Lipinski definition) is 1. The van der Waals surface area contributed by atoms with Gasteiger partial charge in [-0.2, -0.15) is 0 Å². The molecule has 0 amide bonds. The van der Waals surface area contributed by atoms with Gasteiger partial charge in [-0.1, -0.05) is 27.2 Å². The summed E-state index contributed by atoms with van der Waals surface area (Å²) in [7, 11) is 0. The highest BCUT2D eigenvalue weighted by Gasteiger charge is 2.15. The standard InChI is InChI=1S/C8H17N.C2H6/c1-3-8-4-5-9-7(2)6-8;1-2/h7-9H,3-6H2,1-2H3;1-2H3. The molecule has 0 aromatic rings. The van der Waals surface area contributed by atoms with Crippen LogP contribution in [0.2, 0.25) is 0 Å². The van der Waals surface area contributed by atoms with Crippen LogP contribution in [0.25, 0.3) is 0 Å². The Morgan fingerprint density at radius 1 is 1.36 bits per heavy atom. The first-order valence-corrected chi connectivity index (χ1v) is 5.06. The van der Waals surface area contributed by atoms with Gasteiger partial charge in [0.15, 0.2) is 0 Å². The molecule has 0 aromatic carbocycles. The molecule has 2 atom stereocenters. The molecule has 0 aromatic heterocycles. The van der Waals surface area contributed by atoms with E-state index in [4.69, 9.17) is 0 Å². The first kappa shape index (κ1) is 11.0. The number of hydrogen-bond acceptors (Lipinski definition) is 1. The van der Waals surface area contributed by atoms with Crippen LogP contribution < -0.4 is 5.32 Å². The van der Waals surface area contributed by atoms with Crippen molar-refractivity contribution in [1.82, 2.24) is 5.32 Å². The first-order chi connectivity index (χ1) is 5.33. The lowest BCUT2D eigenvalue weighted by molar-refractivity contribution is 0.308. The molecule has 11 heavy (non-hydrogen) atoms. The minimum Gasteiger partial charge on any atom is -0.314 e. The van der Waals surface area contributed by atoms with Crippen LogP contribution in [0, 0.1) is 5.92 Å². The monoisotopic (exact) mass is 157 g/mol. The van der Waals surface area contributed by atoms with E-state index in [-0.39, 0.29) is 0 Å². The van der Waals surface area contributed by atoms with E-state index in [1.807, 2.05) is 13.8 Å². The lowest BCUT2D eigenvalue weighted by atomic mass is 9.91. The van der Waals surface area contributed by atoms with Crippen molar-refractivity contribution >= 4 is 0 Å². The molecule has 1 aliphatic rings. The second-order valence-electron chi connectivity index (χ2n) is 3.15. The fourth-order valence-electron chi connectivity index (χ4n) is 1.61. The highest BCUT2D eigenvalue weighted by atomic mass is 14.9. The molecular formula is C10H23N. The zero-order valence-electron chi connectivity index (χ0n) is 8.48.